The third-order valence-electron chi connectivity index (χ3n) is 2.53. The summed E-state index contributed by atoms with van der Waals surface area (Å²) < 4.78 is 0. The Kier molecular flexibility index (Phi) is 5.28. The highest BCUT2D eigenvalue weighted by molar-refractivity contribution is 5.76. The van der Waals surface area contributed by atoms with Crippen molar-refractivity contribution in [2.45, 2.75) is 6.42 Å². The van der Waals surface area contributed by atoms with Gasteiger partial charge in [-0.3, -0.25) is 4.79 Å². The summed E-state index contributed by atoms with van der Waals surface area (Å²) in [5, 5.41) is 5.48. The van der Waals surface area contributed by atoms with Gasteiger partial charge in [0.2, 0.25) is 23.8 Å². The van der Waals surface area contributed by atoms with Gasteiger partial charge in [0.25, 0.3) is 0 Å². The van der Waals surface area contributed by atoms with Crippen LogP contribution in [0.5, 0.6) is 0 Å². The van der Waals surface area contributed by atoms with Gasteiger partial charge in [-0.15, -0.1) is 0 Å². The molecule has 2 N–H and O–H groups in total. The van der Waals surface area contributed by atoms with E-state index in [2.05, 4.69) is 25.6 Å². The van der Waals surface area contributed by atoms with Crippen LogP contribution in [0, 0.1) is 0 Å². The predicted molar refractivity (Wildman–Crippen MR) is 75.7 cm³/mol. The number of aromatic nitrogens is 3. The first-order chi connectivity index (χ1) is 8.97. The summed E-state index contributed by atoms with van der Waals surface area (Å²) in [5.41, 5.74) is 0. The van der Waals surface area contributed by atoms with Crippen molar-refractivity contribution in [1.29, 1.82) is 0 Å². The smallest absolute Gasteiger partial charge is 0.231 e. The van der Waals surface area contributed by atoms with Crippen molar-refractivity contribution in [1.82, 2.24) is 20.3 Å². The molecule has 1 rings (SSSR count). The fourth-order valence-corrected chi connectivity index (χ4v) is 1.33. The highest BCUT2D eigenvalue weighted by atomic mass is 16.1. The molecule has 0 aromatic carbocycles. The molecule has 0 aliphatic carbocycles. The van der Waals surface area contributed by atoms with Crippen molar-refractivity contribution >= 4 is 23.8 Å². The molecular formula is C11H21N7O. The zero-order chi connectivity index (χ0) is 14.4. The number of carbonyl (C=O) groups is 1. The van der Waals surface area contributed by atoms with E-state index in [1.807, 2.05) is 26.0 Å². The normalized spacial score (nSPS) is 9.95. The van der Waals surface area contributed by atoms with Crippen molar-refractivity contribution < 1.29 is 4.79 Å². The van der Waals surface area contributed by atoms with Crippen LogP contribution in [0.15, 0.2) is 0 Å². The standard InChI is InChI=1S/C11H21N7O/c1-12-8(19)6-7-18(5)11-15-9(13-2)14-10(16-11)17(3)4/h6-7H2,1-5H3,(H,12,19)(H,13,14,15,16). The number of hydrogen-bond donors (Lipinski definition) is 2. The van der Waals surface area contributed by atoms with Crippen LogP contribution in [0.1, 0.15) is 6.42 Å². The molecule has 19 heavy (non-hydrogen) atoms. The van der Waals surface area contributed by atoms with E-state index in [1.54, 1.807) is 19.0 Å². The van der Waals surface area contributed by atoms with E-state index in [9.17, 15) is 4.79 Å². The molecule has 1 amide bonds. The Morgan fingerprint density at radius 3 is 2.26 bits per heavy atom. The second-order valence-corrected chi connectivity index (χ2v) is 4.25. The number of amides is 1. The van der Waals surface area contributed by atoms with Crippen molar-refractivity contribution in [3.8, 4) is 0 Å². The third-order valence-corrected chi connectivity index (χ3v) is 2.53. The lowest BCUT2D eigenvalue weighted by Crippen LogP contribution is -2.28. The summed E-state index contributed by atoms with van der Waals surface area (Å²) in [6.07, 6.45) is 0.394. The van der Waals surface area contributed by atoms with E-state index >= 15 is 0 Å². The Bertz CT molecular complexity index is 435. The summed E-state index contributed by atoms with van der Waals surface area (Å²) >= 11 is 0. The molecule has 0 radical (unpaired) electrons. The van der Waals surface area contributed by atoms with Gasteiger partial charge in [0.1, 0.15) is 0 Å². The zero-order valence-electron chi connectivity index (χ0n) is 12.1. The van der Waals surface area contributed by atoms with E-state index in [-0.39, 0.29) is 5.91 Å². The molecule has 0 saturated carbocycles. The van der Waals surface area contributed by atoms with Gasteiger partial charge in [0.15, 0.2) is 0 Å². The van der Waals surface area contributed by atoms with E-state index in [4.69, 9.17) is 0 Å². The Morgan fingerprint density at radius 2 is 1.74 bits per heavy atom. The van der Waals surface area contributed by atoms with Crippen LogP contribution in [-0.4, -0.2) is 62.6 Å². The maximum absolute atomic E-state index is 11.2. The molecule has 0 fully saturated rings. The maximum atomic E-state index is 11.2. The van der Waals surface area contributed by atoms with Crippen LogP contribution in [0.4, 0.5) is 17.8 Å². The average Bonchev–Trinajstić information content (AvgIpc) is 2.43. The number of nitrogens with zero attached hydrogens (tertiary/aromatic N) is 5. The molecule has 0 atom stereocenters. The van der Waals surface area contributed by atoms with Crippen molar-refractivity contribution in [3.05, 3.63) is 0 Å². The zero-order valence-corrected chi connectivity index (χ0v) is 12.1. The number of carbonyl (C=O) groups excluding carboxylic acids is 1. The third kappa shape index (κ3) is 4.23. The maximum Gasteiger partial charge on any atom is 0.231 e. The molecule has 1 heterocycles. The summed E-state index contributed by atoms with van der Waals surface area (Å²) in [6, 6.07) is 0. The van der Waals surface area contributed by atoms with Crippen LogP contribution in [0.25, 0.3) is 0 Å². The Hall–Kier alpha value is -2.12. The molecule has 8 nitrogen and oxygen atoms in total. The quantitative estimate of drug-likeness (QED) is 0.722. The first-order valence-corrected chi connectivity index (χ1v) is 6.00. The summed E-state index contributed by atoms with van der Waals surface area (Å²) in [5.74, 6) is 1.59. The highest BCUT2D eigenvalue weighted by Crippen LogP contribution is 2.13. The van der Waals surface area contributed by atoms with Gasteiger partial charge in [-0.1, -0.05) is 0 Å². The minimum atomic E-state index is -0.0115. The molecular weight excluding hydrogens is 246 g/mol. The molecule has 0 spiro atoms. The SMILES string of the molecule is CNC(=O)CCN(C)c1nc(NC)nc(N(C)C)n1. The van der Waals surface area contributed by atoms with Gasteiger partial charge in [-0.25, -0.2) is 0 Å². The lowest BCUT2D eigenvalue weighted by Gasteiger charge is -2.19. The highest BCUT2D eigenvalue weighted by Gasteiger charge is 2.11. The van der Waals surface area contributed by atoms with Gasteiger partial charge >= 0.3 is 0 Å². The molecule has 1 aromatic rings. The molecule has 0 aliphatic heterocycles. The minimum absolute atomic E-state index is 0.0115. The molecule has 0 bridgehead atoms. The van der Waals surface area contributed by atoms with E-state index in [1.165, 1.54) is 0 Å². The summed E-state index contributed by atoms with van der Waals surface area (Å²) in [6.45, 7) is 0.541. The number of nitrogens with one attached hydrogen (secondary N) is 2. The topological polar surface area (TPSA) is 86.3 Å². The molecule has 8 heteroatoms. The largest absolute Gasteiger partial charge is 0.359 e. The first-order valence-electron chi connectivity index (χ1n) is 6.00. The minimum Gasteiger partial charge on any atom is -0.359 e. The summed E-state index contributed by atoms with van der Waals surface area (Å²) in [4.78, 5) is 27.7. The van der Waals surface area contributed by atoms with Gasteiger partial charge in [-0.2, -0.15) is 15.0 Å². The van der Waals surface area contributed by atoms with E-state index in [0.717, 1.165) is 0 Å². The predicted octanol–water partition coefficient (Wildman–Crippen LogP) is -0.448. The second-order valence-electron chi connectivity index (χ2n) is 4.25. The van der Waals surface area contributed by atoms with Gasteiger partial charge < -0.3 is 20.4 Å². The van der Waals surface area contributed by atoms with Crippen LogP contribution < -0.4 is 20.4 Å². The van der Waals surface area contributed by atoms with Crippen molar-refractivity contribution in [2.75, 3.05) is 56.9 Å². The fraction of sp³-hybridized carbons (Fsp3) is 0.636. The summed E-state index contributed by atoms with van der Waals surface area (Å²) in [7, 11) is 8.95. The first kappa shape index (κ1) is 14.9. The Balaban J connectivity index is 2.86. The van der Waals surface area contributed by atoms with Crippen LogP contribution in [-0.2, 0) is 4.79 Å². The van der Waals surface area contributed by atoms with Crippen LogP contribution >= 0.6 is 0 Å². The van der Waals surface area contributed by atoms with Gasteiger partial charge in [-0.05, 0) is 0 Å². The van der Waals surface area contributed by atoms with E-state index in [0.29, 0.717) is 30.8 Å². The second kappa shape index (κ2) is 6.72. The molecule has 106 valence electrons. The lowest BCUT2D eigenvalue weighted by atomic mass is 10.4. The van der Waals surface area contributed by atoms with Crippen molar-refractivity contribution in [3.63, 3.8) is 0 Å². The Morgan fingerprint density at radius 1 is 1.11 bits per heavy atom. The number of anilines is 3. The average molecular weight is 267 g/mol. The lowest BCUT2D eigenvalue weighted by molar-refractivity contribution is -0.120. The van der Waals surface area contributed by atoms with Crippen LogP contribution in [0.2, 0.25) is 0 Å². The number of hydrogen-bond acceptors (Lipinski definition) is 7. The number of rotatable bonds is 6. The van der Waals surface area contributed by atoms with Crippen molar-refractivity contribution in [2.24, 2.45) is 0 Å². The molecule has 0 unspecified atom stereocenters. The Labute approximate surface area is 113 Å². The molecule has 0 saturated heterocycles. The van der Waals surface area contributed by atoms with Gasteiger partial charge in [0, 0.05) is 48.2 Å². The molecule has 1 aromatic heterocycles. The molecule has 0 aliphatic rings. The van der Waals surface area contributed by atoms with Crippen LogP contribution in [0.3, 0.4) is 0 Å². The monoisotopic (exact) mass is 267 g/mol. The van der Waals surface area contributed by atoms with E-state index < -0.39 is 0 Å². The van der Waals surface area contributed by atoms with Gasteiger partial charge in [0.05, 0.1) is 0 Å². The fourth-order valence-electron chi connectivity index (χ4n) is 1.33.